The van der Waals surface area contributed by atoms with Crippen LogP contribution in [0, 0.1) is 17.8 Å². The molecule has 1 saturated heterocycles. The van der Waals surface area contributed by atoms with Gasteiger partial charge in [-0.25, -0.2) is 9.59 Å². The van der Waals surface area contributed by atoms with Crippen molar-refractivity contribution >= 4 is 18.2 Å². The van der Waals surface area contributed by atoms with E-state index in [-0.39, 0.29) is 50.0 Å². The second-order valence-electron chi connectivity index (χ2n) is 12.3. The van der Waals surface area contributed by atoms with Crippen LogP contribution in [0.3, 0.4) is 0 Å². The summed E-state index contributed by atoms with van der Waals surface area (Å²) in [6.07, 6.45) is 8.39. The molecule has 0 bridgehead atoms. The van der Waals surface area contributed by atoms with Crippen molar-refractivity contribution in [1.29, 1.82) is 0 Å². The van der Waals surface area contributed by atoms with E-state index in [4.69, 9.17) is 14.2 Å². The summed E-state index contributed by atoms with van der Waals surface area (Å²) in [7, 11) is 2.03. The van der Waals surface area contributed by atoms with Crippen LogP contribution in [-0.2, 0) is 19.0 Å². The first-order valence-electron chi connectivity index (χ1n) is 16.0. The molecule has 44 heavy (non-hydrogen) atoms. The number of hydrogen-bond donors (Lipinski definition) is 2. The largest absolute Gasteiger partial charge is 0.457 e. The fourth-order valence-electron chi connectivity index (χ4n) is 5.16. The Morgan fingerprint density at radius 3 is 2.52 bits per heavy atom. The van der Waals surface area contributed by atoms with Crippen molar-refractivity contribution in [2.45, 2.75) is 78.6 Å². The zero-order chi connectivity index (χ0) is 32.6. The maximum Gasteiger partial charge on any atom is 0.410 e. The molecular formula is C33H55N3O8. The molecule has 2 rings (SSSR count). The number of piperazine rings is 1. The van der Waals surface area contributed by atoms with Gasteiger partial charge in [0.05, 0.1) is 25.7 Å². The molecule has 11 nitrogen and oxygen atoms in total. The van der Waals surface area contributed by atoms with E-state index in [0.29, 0.717) is 32.5 Å². The molecule has 250 valence electrons. The molecule has 2 heterocycles. The van der Waals surface area contributed by atoms with Gasteiger partial charge in [-0.15, -0.1) is 0 Å². The molecule has 0 aromatic heterocycles. The van der Waals surface area contributed by atoms with Crippen LogP contribution in [0.15, 0.2) is 36.0 Å². The van der Waals surface area contributed by atoms with Gasteiger partial charge >= 0.3 is 18.2 Å². The monoisotopic (exact) mass is 621 g/mol. The number of likely N-dealkylation sites (N-methyl/N-ethyl adjacent to an activating group) is 1. The van der Waals surface area contributed by atoms with Crippen LogP contribution in [0.4, 0.5) is 9.59 Å². The minimum Gasteiger partial charge on any atom is -0.457 e. The van der Waals surface area contributed by atoms with E-state index in [0.717, 1.165) is 25.1 Å². The molecule has 2 N–H and O–H groups in total. The Kier molecular flexibility index (Phi) is 16.5. The van der Waals surface area contributed by atoms with Crippen molar-refractivity contribution in [1.82, 2.24) is 14.7 Å². The van der Waals surface area contributed by atoms with Crippen molar-refractivity contribution in [2.24, 2.45) is 17.8 Å². The number of rotatable bonds is 10. The third-order valence-electron chi connectivity index (χ3n) is 8.10. The van der Waals surface area contributed by atoms with Crippen molar-refractivity contribution in [3.8, 4) is 0 Å². The fourth-order valence-corrected chi connectivity index (χ4v) is 5.16. The second kappa shape index (κ2) is 19.5. The number of carbonyl (C=O) groups excluding carboxylic acids is 3. The number of nitrogens with zero attached hydrogens (tertiary/aromatic N) is 3. The Morgan fingerprint density at radius 1 is 1.16 bits per heavy atom. The number of carbonyl (C=O) groups is 3. The highest BCUT2D eigenvalue weighted by Gasteiger charge is 2.29. The van der Waals surface area contributed by atoms with E-state index in [1.165, 1.54) is 4.90 Å². The van der Waals surface area contributed by atoms with Crippen molar-refractivity contribution in [2.75, 3.05) is 59.5 Å². The van der Waals surface area contributed by atoms with Crippen molar-refractivity contribution in [3.63, 3.8) is 0 Å². The number of cyclic esters (lactones) is 1. The van der Waals surface area contributed by atoms with E-state index < -0.39 is 30.4 Å². The van der Waals surface area contributed by atoms with Crippen LogP contribution < -0.4 is 0 Å². The molecule has 1 fully saturated rings. The maximum absolute atomic E-state index is 13.0. The Labute approximate surface area is 263 Å². The Morgan fingerprint density at radius 2 is 1.86 bits per heavy atom. The first-order chi connectivity index (χ1) is 20.9. The molecule has 0 aromatic carbocycles. The summed E-state index contributed by atoms with van der Waals surface area (Å²) < 4.78 is 17.2. The number of aliphatic hydroxyl groups excluding tert-OH is 2. The Balaban J connectivity index is 2.12. The van der Waals surface area contributed by atoms with Crippen molar-refractivity contribution < 1.29 is 38.8 Å². The lowest BCUT2D eigenvalue weighted by molar-refractivity contribution is -0.151. The standard InChI is InChI=1S/C33H55N3O8/c1-7-15-35(20-21-37)32(40)42-23-24(2)9-8-10-26(4)31-27(5)12-14-29(25(3)11-13-28(38)22-30(39)44-31)43-33(41)36-18-16-34(6)17-19-36/h8-10,12,14,24-25,27-29,31,37-38H,7,11,13,15-23H2,1-6H3/b9-8-,14-12+,26-10+/t24-,25+,27+,28-,29+,31-/m1/s1. The van der Waals surface area contributed by atoms with Crippen molar-refractivity contribution in [3.05, 3.63) is 36.0 Å². The predicted molar refractivity (Wildman–Crippen MR) is 169 cm³/mol. The van der Waals surface area contributed by atoms with Gasteiger partial charge in [0.15, 0.2) is 0 Å². The van der Waals surface area contributed by atoms with E-state index in [1.54, 1.807) is 4.90 Å². The third-order valence-corrected chi connectivity index (χ3v) is 8.10. The first kappa shape index (κ1) is 37.3. The minimum absolute atomic E-state index is 0.0498. The molecule has 11 heteroatoms. The Bertz CT molecular complexity index is 986. The molecule has 2 aliphatic rings. The summed E-state index contributed by atoms with van der Waals surface area (Å²) in [4.78, 5) is 43.4. The van der Waals surface area contributed by atoms with Gasteiger partial charge in [-0.3, -0.25) is 4.79 Å². The van der Waals surface area contributed by atoms with E-state index in [2.05, 4.69) is 4.90 Å². The summed E-state index contributed by atoms with van der Waals surface area (Å²) in [5.74, 6) is -0.812. The second-order valence-corrected chi connectivity index (χ2v) is 12.3. The number of aliphatic hydroxyl groups is 2. The lowest BCUT2D eigenvalue weighted by Gasteiger charge is -2.33. The van der Waals surface area contributed by atoms with Gasteiger partial charge in [0, 0.05) is 51.1 Å². The Hall–Kier alpha value is -2.89. The number of amides is 2. The number of allylic oxidation sites excluding steroid dienone is 2. The quantitative estimate of drug-likeness (QED) is 0.161. The zero-order valence-corrected chi connectivity index (χ0v) is 27.5. The summed E-state index contributed by atoms with van der Waals surface area (Å²) in [5, 5.41) is 19.7. The van der Waals surface area contributed by atoms with Gasteiger partial charge in [-0.1, -0.05) is 52.0 Å². The van der Waals surface area contributed by atoms with Gasteiger partial charge in [0.1, 0.15) is 12.2 Å². The summed E-state index contributed by atoms with van der Waals surface area (Å²) in [6.45, 7) is 13.4. The molecule has 0 saturated carbocycles. The molecule has 0 aromatic rings. The normalized spacial score (nSPS) is 27.5. The molecular weight excluding hydrogens is 566 g/mol. The third kappa shape index (κ3) is 13.0. The molecule has 0 spiro atoms. The van der Waals surface area contributed by atoms with Gasteiger partial charge in [0.2, 0.25) is 0 Å². The number of ether oxygens (including phenoxy) is 3. The van der Waals surface area contributed by atoms with E-state index >= 15 is 0 Å². The van der Waals surface area contributed by atoms with Crippen LogP contribution in [0.25, 0.3) is 0 Å². The SMILES string of the molecule is CCCN(CCO)C(=O)OC[C@H](C)/C=C\C=C(/C)[C@H]1OC(=O)C[C@H](O)CC[C@H](C)[C@@H](OC(=O)N2CCN(C)CC2)/C=C/[C@@H]1C. The van der Waals surface area contributed by atoms with Crippen LogP contribution >= 0.6 is 0 Å². The van der Waals surface area contributed by atoms with Gasteiger partial charge in [-0.05, 0) is 50.8 Å². The average molecular weight is 622 g/mol. The minimum atomic E-state index is -0.850. The summed E-state index contributed by atoms with van der Waals surface area (Å²) >= 11 is 0. The van der Waals surface area contributed by atoms with Gasteiger partial charge in [0.25, 0.3) is 0 Å². The summed E-state index contributed by atoms with van der Waals surface area (Å²) in [6, 6.07) is 0. The van der Waals surface area contributed by atoms with E-state index in [1.807, 2.05) is 72.0 Å². The highest BCUT2D eigenvalue weighted by molar-refractivity contribution is 5.70. The maximum atomic E-state index is 13.0. The average Bonchev–Trinajstić information content (AvgIpc) is 2.98. The van der Waals surface area contributed by atoms with Gasteiger partial charge in [-0.2, -0.15) is 0 Å². The topological polar surface area (TPSA) is 129 Å². The van der Waals surface area contributed by atoms with Crippen LogP contribution in [-0.4, -0.2) is 121 Å². The van der Waals surface area contributed by atoms with Crippen LogP contribution in [0.5, 0.6) is 0 Å². The number of hydrogen-bond acceptors (Lipinski definition) is 9. The highest BCUT2D eigenvalue weighted by Crippen LogP contribution is 2.25. The van der Waals surface area contributed by atoms with Crippen LogP contribution in [0.2, 0.25) is 0 Å². The lowest BCUT2D eigenvalue weighted by Crippen LogP contribution is -2.48. The number of esters is 1. The smallest absolute Gasteiger partial charge is 0.410 e. The molecule has 2 aliphatic heterocycles. The first-order valence-corrected chi connectivity index (χ1v) is 16.0. The summed E-state index contributed by atoms with van der Waals surface area (Å²) in [5.41, 5.74) is 0.804. The molecule has 0 aliphatic carbocycles. The molecule has 0 radical (unpaired) electrons. The van der Waals surface area contributed by atoms with E-state index in [9.17, 15) is 24.6 Å². The lowest BCUT2D eigenvalue weighted by atomic mass is 9.92. The highest BCUT2D eigenvalue weighted by atomic mass is 16.6. The molecule has 6 atom stereocenters. The molecule has 2 amide bonds. The van der Waals surface area contributed by atoms with Crippen LogP contribution in [0.1, 0.15) is 60.3 Å². The molecule has 0 unspecified atom stereocenters. The van der Waals surface area contributed by atoms with Gasteiger partial charge < -0.3 is 39.1 Å². The predicted octanol–water partition coefficient (Wildman–Crippen LogP) is 4.00. The fraction of sp³-hybridized carbons (Fsp3) is 0.727. The zero-order valence-electron chi connectivity index (χ0n) is 27.5.